The number of morpholine rings is 1. The van der Waals surface area contributed by atoms with E-state index in [1.165, 1.54) is 19.3 Å². The third-order valence-electron chi connectivity index (χ3n) is 3.69. The van der Waals surface area contributed by atoms with E-state index in [0.717, 1.165) is 51.2 Å². The Bertz CT molecular complexity index is 219. The summed E-state index contributed by atoms with van der Waals surface area (Å²) in [6.07, 6.45) is 4.34. The summed E-state index contributed by atoms with van der Waals surface area (Å²) in [7, 11) is 0. The van der Waals surface area contributed by atoms with Gasteiger partial charge in [-0.05, 0) is 24.8 Å². The van der Waals surface area contributed by atoms with Crippen LogP contribution in [0.25, 0.3) is 0 Å². The summed E-state index contributed by atoms with van der Waals surface area (Å²) in [5.74, 6) is 1.56. The van der Waals surface area contributed by atoms with Crippen molar-refractivity contribution in [3.05, 3.63) is 0 Å². The first-order valence-corrected chi connectivity index (χ1v) is 8.12. The zero-order chi connectivity index (χ0) is 14.1. The second kappa shape index (κ2) is 9.73. The minimum atomic E-state index is 0.470. The molecule has 0 aromatic rings. The Morgan fingerprint density at radius 1 is 1.21 bits per heavy atom. The number of hydrogen-bond acceptors (Lipinski definition) is 3. The quantitative estimate of drug-likeness (QED) is 0.652. The summed E-state index contributed by atoms with van der Waals surface area (Å²) >= 11 is 0. The lowest BCUT2D eigenvalue weighted by molar-refractivity contribution is -0.0327. The van der Waals surface area contributed by atoms with Crippen LogP contribution in [0.3, 0.4) is 0 Å². The molecule has 1 atom stereocenters. The predicted octanol–water partition coefficient (Wildman–Crippen LogP) is 2.76. The van der Waals surface area contributed by atoms with Gasteiger partial charge in [0.25, 0.3) is 0 Å². The number of nitrogens with zero attached hydrogens (tertiary/aromatic N) is 1. The van der Waals surface area contributed by atoms with Gasteiger partial charge in [0.1, 0.15) is 0 Å². The molecule has 1 heterocycles. The van der Waals surface area contributed by atoms with Crippen molar-refractivity contribution < 1.29 is 4.74 Å². The zero-order valence-electron chi connectivity index (χ0n) is 13.5. The van der Waals surface area contributed by atoms with Crippen molar-refractivity contribution in [1.29, 1.82) is 0 Å². The number of nitrogens with one attached hydrogen (secondary N) is 1. The first kappa shape index (κ1) is 16.9. The van der Waals surface area contributed by atoms with Gasteiger partial charge in [0.2, 0.25) is 0 Å². The fraction of sp³-hybridized carbons (Fsp3) is 1.00. The SMILES string of the molecule is CC(C)CCC[C@@H]1CN(CCNCC(C)C)CCO1. The highest BCUT2D eigenvalue weighted by molar-refractivity contribution is 4.72. The summed E-state index contributed by atoms with van der Waals surface area (Å²) < 4.78 is 5.87. The minimum Gasteiger partial charge on any atom is -0.376 e. The van der Waals surface area contributed by atoms with E-state index in [4.69, 9.17) is 4.74 Å². The number of ether oxygens (including phenoxy) is 1. The van der Waals surface area contributed by atoms with Crippen LogP contribution >= 0.6 is 0 Å². The lowest BCUT2D eigenvalue weighted by Crippen LogP contribution is -2.45. The Morgan fingerprint density at radius 2 is 2.00 bits per heavy atom. The third kappa shape index (κ3) is 8.61. The van der Waals surface area contributed by atoms with E-state index in [1.807, 2.05) is 0 Å². The highest BCUT2D eigenvalue weighted by Crippen LogP contribution is 2.14. The van der Waals surface area contributed by atoms with Gasteiger partial charge >= 0.3 is 0 Å². The topological polar surface area (TPSA) is 24.5 Å². The Morgan fingerprint density at radius 3 is 2.68 bits per heavy atom. The van der Waals surface area contributed by atoms with Crippen molar-refractivity contribution in [1.82, 2.24) is 10.2 Å². The van der Waals surface area contributed by atoms with E-state index >= 15 is 0 Å². The zero-order valence-corrected chi connectivity index (χ0v) is 13.5. The van der Waals surface area contributed by atoms with E-state index in [-0.39, 0.29) is 0 Å². The molecule has 0 saturated carbocycles. The molecule has 0 radical (unpaired) electrons. The van der Waals surface area contributed by atoms with Crippen LogP contribution in [-0.4, -0.2) is 50.3 Å². The second-order valence-electron chi connectivity index (χ2n) is 6.72. The van der Waals surface area contributed by atoms with Crippen LogP contribution in [0.2, 0.25) is 0 Å². The normalized spacial score (nSPS) is 21.5. The number of rotatable bonds is 9. The largest absolute Gasteiger partial charge is 0.376 e. The average Bonchev–Trinajstić information content (AvgIpc) is 2.34. The smallest absolute Gasteiger partial charge is 0.0702 e. The third-order valence-corrected chi connectivity index (χ3v) is 3.69. The molecule has 0 unspecified atom stereocenters. The molecule has 19 heavy (non-hydrogen) atoms. The summed E-state index contributed by atoms with van der Waals surface area (Å²) in [6.45, 7) is 15.7. The molecule has 0 aromatic heterocycles. The average molecular weight is 270 g/mol. The van der Waals surface area contributed by atoms with Crippen LogP contribution in [0, 0.1) is 11.8 Å². The molecule has 1 saturated heterocycles. The Labute approximate surface area is 120 Å². The van der Waals surface area contributed by atoms with Gasteiger partial charge in [-0.2, -0.15) is 0 Å². The molecular formula is C16H34N2O. The molecule has 1 aliphatic rings. The van der Waals surface area contributed by atoms with Crippen molar-refractivity contribution in [2.45, 2.75) is 53.1 Å². The Kier molecular flexibility index (Phi) is 8.67. The van der Waals surface area contributed by atoms with Gasteiger partial charge in [-0.25, -0.2) is 0 Å². The van der Waals surface area contributed by atoms with Crippen LogP contribution in [-0.2, 0) is 4.74 Å². The lowest BCUT2D eigenvalue weighted by Gasteiger charge is -2.33. The highest BCUT2D eigenvalue weighted by atomic mass is 16.5. The van der Waals surface area contributed by atoms with Gasteiger partial charge in [-0.3, -0.25) is 4.90 Å². The summed E-state index contributed by atoms with van der Waals surface area (Å²) in [5, 5.41) is 3.52. The van der Waals surface area contributed by atoms with Crippen LogP contribution in [0.4, 0.5) is 0 Å². The highest BCUT2D eigenvalue weighted by Gasteiger charge is 2.19. The molecule has 1 N–H and O–H groups in total. The fourth-order valence-electron chi connectivity index (χ4n) is 2.54. The van der Waals surface area contributed by atoms with Gasteiger partial charge in [-0.1, -0.05) is 40.5 Å². The van der Waals surface area contributed by atoms with Crippen molar-refractivity contribution in [3.8, 4) is 0 Å². The molecule has 0 spiro atoms. The number of hydrogen-bond donors (Lipinski definition) is 1. The molecule has 1 rings (SSSR count). The van der Waals surface area contributed by atoms with Crippen molar-refractivity contribution >= 4 is 0 Å². The first-order chi connectivity index (χ1) is 9.08. The van der Waals surface area contributed by atoms with Crippen LogP contribution in [0.1, 0.15) is 47.0 Å². The second-order valence-corrected chi connectivity index (χ2v) is 6.72. The van der Waals surface area contributed by atoms with E-state index < -0.39 is 0 Å². The summed E-state index contributed by atoms with van der Waals surface area (Å²) in [4.78, 5) is 2.55. The van der Waals surface area contributed by atoms with E-state index in [9.17, 15) is 0 Å². The molecule has 1 fully saturated rings. The molecule has 114 valence electrons. The van der Waals surface area contributed by atoms with Crippen LogP contribution in [0.15, 0.2) is 0 Å². The predicted molar refractivity (Wildman–Crippen MR) is 82.6 cm³/mol. The van der Waals surface area contributed by atoms with Crippen LogP contribution < -0.4 is 5.32 Å². The minimum absolute atomic E-state index is 0.470. The van der Waals surface area contributed by atoms with Crippen molar-refractivity contribution in [2.75, 3.05) is 39.3 Å². The monoisotopic (exact) mass is 270 g/mol. The van der Waals surface area contributed by atoms with Crippen molar-refractivity contribution in [3.63, 3.8) is 0 Å². The Hall–Kier alpha value is -0.120. The maximum absolute atomic E-state index is 5.87. The standard InChI is InChI=1S/C16H34N2O/c1-14(2)6-5-7-16-13-18(10-11-19-16)9-8-17-12-15(3)4/h14-17H,5-13H2,1-4H3/t16-/m1/s1. The molecule has 1 aliphatic heterocycles. The molecule has 0 amide bonds. The van der Waals surface area contributed by atoms with Gasteiger partial charge in [0.15, 0.2) is 0 Å². The molecule has 0 aromatic carbocycles. The fourth-order valence-corrected chi connectivity index (χ4v) is 2.54. The van der Waals surface area contributed by atoms with Gasteiger partial charge in [0.05, 0.1) is 12.7 Å². The van der Waals surface area contributed by atoms with Gasteiger partial charge in [-0.15, -0.1) is 0 Å². The molecule has 0 bridgehead atoms. The van der Waals surface area contributed by atoms with Crippen molar-refractivity contribution in [2.24, 2.45) is 11.8 Å². The van der Waals surface area contributed by atoms with Crippen LogP contribution in [0.5, 0.6) is 0 Å². The first-order valence-electron chi connectivity index (χ1n) is 8.12. The lowest BCUT2D eigenvalue weighted by atomic mass is 10.0. The van der Waals surface area contributed by atoms with E-state index in [0.29, 0.717) is 6.10 Å². The van der Waals surface area contributed by atoms with E-state index in [1.54, 1.807) is 0 Å². The summed E-state index contributed by atoms with van der Waals surface area (Å²) in [5.41, 5.74) is 0. The van der Waals surface area contributed by atoms with E-state index in [2.05, 4.69) is 37.9 Å². The van der Waals surface area contributed by atoms with Gasteiger partial charge in [0, 0.05) is 26.2 Å². The molecular weight excluding hydrogens is 236 g/mol. The van der Waals surface area contributed by atoms with Gasteiger partial charge < -0.3 is 10.1 Å². The molecule has 0 aliphatic carbocycles. The maximum Gasteiger partial charge on any atom is 0.0702 e. The summed E-state index contributed by atoms with van der Waals surface area (Å²) in [6, 6.07) is 0. The maximum atomic E-state index is 5.87. The molecule has 3 nitrogen and oxygen atoms in total. The molecule has 3 heteroatoms. The Balaban J connectivity index is 2.08.